The Morgan fingerprint density at radius 2 is 2.24 bits per heavy atom. The molecule has 2 aromatic rings. The first-order valence-electron chi connectivity index (χ1n) is 6.77. The number of halogens is 1. The van der Waals surface area contributed by atoms with Crippen LogP contribution in [0.1, 0.15) is 22.8 Å². The molecule has 0 fully saturated rings. The van der Waals surface area contributed by atoms with Crippen LogP contribution >= 0.6 is 11.6 Å². The third kappa shape index (κ3) is 4.46. The van der Waals surface area contributed by atoms with Crippen LogP contribution in [-0.4, -0.2) is 33.8 Å². The number of nitrogens with one attached hydrogen (secondary N) is 2. The maximum atomic E-state index is 12.1. The molecule has 7 heteroatoms. The van der Waals surface area contributed by atoms with E-state index < -0.39 is 0 Å². The third-order valence-corrected chi connectivity index (χ3v) is 3.00. The van der Waals surface area contributed by atoms with E-state index in [1.54, 1.807) is 23.0 Å². The number of hydrogen-bond acceptors (Lipinski definition) is 4. The van der Waals surface area contributed by atoms with E-state index in [1.807, 2.05) is 20.0 Å². The summed E-state index contributed by atoms with van der Waals surface area (Å²) >= 11 is 5.92. The normalized spacial score (nSPS) is 10.4. The fraction of sp³-hybridized carbons (Fsp3) is 0.357. The van der Waals surface area contributed by atoms with Gasteiger partial charge in [0, 0.05) is 24.8 Å². The molecule has 0 saturated heterocycles. The van der Waals surface area contributed by atoms with E-state index in [4.69, 9.17) is 11.6 Å². The maximum absolute atomic E-state index is 12.1. The molecular weight excluding hydrogens is 290 g/mol. The highest BCUT2D eigenvalue weighted by Gasteiger charge is 2.08. The van der Waals surface area contributed by atoms with Crippen molar-refractivity contribution in [2.45, 2.75) is 20.4 Å². The molecule has 0 atom stereocenters. The molecule has 0 unspecified atom stereocenters. The molecule has 0 aliphatic carbocycles. The summed E-state index contributed by atoms with van der Waals surface area (Å²) in [7, 11) is 0. The number of anilines is 1. The molecule has 0 spiro atoms. The Morgan fingerprint density at radius 1 is 1.43 bits per heavy atom. The van der Waals surface area contributed by atoms with Gasteiger partial charge in [0.25, 0.3) is 5.91 Å². The summed E-state index contributed by atoms with van der Waals surface area (Å²) < 4.78 is 1.79. The van der Waals surface area contributed by atoms with Gasteiger partial charge in [0.2, 0.25) is 0 Å². The lowest BCUT2D eigenvalue weighted by Crippen LogP contribution is -2.27. The molecule has 21 heavy (non-hydrogen) atoms. The van der Waals surface area contributed by atoms with Crippen LogP contribution in [-0.2, 0) is 6.54 Å². The topological polar surface area (TPSA) is 71.8 Å². The maximum Gasteiger partial charge on any atom is 0.251 e. The predicted octanol–water partition coefficient (Wildman–Crippen LogP) is 2.10. The van der Waals surface area contributed by atoms with Crippen LogP contribution in [0.5, 0.6) is 0 Å². The highest BCUT2D eigenvalue weighted by Crippen LogP contribution is 2.14. The number of amides is 1. The summed E-state index contributed by atoms with van der Waals surface area (Å²) in [6.07, 6.45) is 3.71. The molecule has 0 saturated carbocycles. The largest absolute Gasteiger partial charge is 0.370 e. The zero-order valence-corrected chi connectivity index (χ0v) is 12.8. The Bertz CT molecular complexity index is 626. The first kappa shape index (κ1) is 15.3. The first-order chi connectivity index (χ1) is 10.1. The number of pyridine rings is 1. The van der Waals surface area contributed by atoms with Gasteiger partial charge in [-0.2, -0.15) is 5.10 Å². The monoisotopic (exact) mass is 307 g/mol. The number of carbonyl (C=O) groups is 1. The number of rotatable bonds is 6. The van der Waals surface area contributed by atoms with Gasteiger partial charge in [0.15, 0.2) is 0 Å². The van der Waals surface area contributed by atoms with Crippen molar-refractivity contribution in [3.8, 4) is 0 Å². The van der Waals surface area contributed by atoms with E-state index in [2.05, 4.69) is 20.7 Å². The van der Waals surface area contributed by atoms with Gasteiger partial charge in [0.1, 0.15) is 11.0 Å². The zero-order valence-electron chi connectivity index (χ0n) is 12.1. The average Bonchev–Trinajstić information content (AvgIpc) is 2.84. The molecule has 0 aromatic carbocycles. The lowest BCUT2D eigenvalue weighted by molar-refractivity contribution is 0.0952. The fourth-order valence-electron chi connectivity index (χ4n) is 1.87. The second-order valence-electron chi connectivity index (χ2n) is 4.63. The second-order valence-corrected chi connectivity index (χ2v) is 5.02. The predicted molar refractivity (Wildman–Crippen MR) is 82.7 cm³/mol. The van der Waals surface area contributed by atoms with Crippen LogP contribution in [0.2, 0.25) is 5.15 Å². The van der Waals surface area contributed by atoms with Gasteiger partial charge in [-0.1, -0.05) is 11.6 Å². The van der Waals surface area contributed by atoms with Crippen molar-refractivity contribution in [1.82, 2.24) is 20.1 Å². The Kier molecular flexibility index (Phi) is 5.16. The average molecular weight is 308 g/mol. The molecule has 2 aromatic heterocycles. The molecule has 2 N–H and O–H groups in total. The lowest BCUT2D eigenvalue weighted by atomic mass is 10.2. The SMILES string of the molecule is CCNc1cc(C(=O)NCCn2cc(C)cn2)cc(Cl)n1. The molecule has 0 bridgehead atoms. The molecule has 112 valence electrons. The van der Waals surface area contributed by atoms with Gasteiger partial charge in [-0.05, 0) is 31.5 Å². The van der Waals surface area contributed by atoms with Crippen molar-refractivity contribution < 1.29 is 4.79 Å². The minimum atomic E-state index is -0.178. The van der Waals surface area contributed by atoms with E-state index in [9.17, 15) is 4.79 Å². The molecule has 1 amide bonds. The van der Waals surface area contributed by atoms with E-state index in [0.717, 1.165) is 5.56 Å². The summed E-state index contributed by atoms with van der Waals surface area (Å²) in [6, 6.07) is 3.23. The molecule has 0 aliphatic rings. The van der Waals surface area contributed by atoms with Crippen LogP contribution in [0.25, 0.3) is 0 Å². The van der Waals surface area contributed by atoms with Gasteiger partial charge in [-0.3, -0.25) is 9.48 Å². The quantitative estimate of drug-likeness (QED) is 0.802. The number of carbonyl (C=O) groups excluding carboxylic acids is 1. The van der Waals surface area contributed by atoms with Crippen molar-refractivity contribution >= 4 is 23.3 Å². The van der Waals surface area contributed by atoms with E-state index in [1.165, 1.54) is 0 Å². The third-order valence-electron chi connectivity index (χ3n) is 2.80. The molecule has 2 heterocycles. The highest BCUT2D eigenvalue weighted by molar-refractivity contribution is 6.29. The summed E-state index contributed by atoms with van der Waals surface area (Å²) in [5.41, 5.74) is 1.58. The van der Waals surface area contributed by atoms with Gasteiger partial charge < -0.3 is 10.6 Å². The first-order valence-corrected chi connectivity index (χ1v) is 7.15. The minimum Gasteiger partial charge on any atom is -0.370 e. The van der Waals surface area contributed by atoms with Crippen molar-refractivity contribution in [2.75, 3.05) is 18.4 Å². The van der Waals surface area contributed by atoms with Crippen molar-refractivity contribution in [3.63, 3.8) is 0 Å². The van der Waals surface area contributed by atoms with E-state index >= 15 is 0 Å². The molecule has 0 radical (unpaired) electrons. The number of aryl methyl sites for hydroxylation is 1. The summed E-state index contributed by atoms with van der Waals surface area (Å²) in [6.45, 7) is 5.76. The van der Waals surface area contributed by atoms with Crippen LogP contribution in [0.15, 0.2) is 24.5 Å². The zero-order chi connectivity index (χ0) is 15.2. The highest BCUT2D eigenvalue weighted by atomic mass is 35.5. The van der Waals surface area contributed by atoms with Crippen molar-refractivity contribution in [1.29, 1.82) is 0 Å². The van der Waals surface area contributed by atoms with Gasteiger partial charge in [0.05, 0.1) is 12.7 Å². The van der Waals surface area contributed by atoms with E-state index in [0.29, 0.717) is 36.2 Å². The molecule has 6 nitrogen and oxygen atoms in total. The van der Waals surface area contributed by atoms with Crippen molar-refractivity contribution in [2.24, 2.45) is 0 Å². The molecule has 2 rings (SSSR count). The lowest BCUT2D eigenvalue weighted by Gasteiger charge is -2.08. The van der Waals surface area contributed by atoms with Crippen LogP contribution in [0.3, 0.4) is 0 Å². The Balaban J connectivity index is 1.93. The number of nitrogens with zero attached hydrogens (tertiary/aromatic N) is 3. The standard InChI is InChI=1S/C14H18ClN5O/c1-3-16-13-7-11(6-12(15)19-13)14(21)17-4-5-20-9-10(2)8-18-20/h6-9H,3-5H2,1-2H3,(H,16,19)(H,17,21). The summed E-state index contributed by atoms with van der Waals surface area (Å²) in [4.78, 5) is 16.2. The van der Waals surface area contributed by atoms with Crippen LogP contribution < -0.4 is 10.6 Å². The van der Waals surface area contributed by atoms with Gasteiger partial charge in [-0.15, -0.1) is 0 Å². The fourth-order valence-corrected chi connectivity index (χ4v) is 2.08. The number of aromatic nitrogens is 3. The summed E-state index contributed by atoms with van der Waals surface area (Å²) in [5, 5.41) is 10.3. The molecular formula is C14H18ClN5O. The Morgan fingerprint density at radius 3 is 2.90 bits per heavy atom. The van der Waals surface area contributed by atoms with E-state index in [-0.39, 0.29) is 5.91 Å². The smallest absolute Gasteiger partial charge is 0.251 e. The van der Waals surface area contributed by atoms with Crippen LogP contribution in [0.4, 0.5) is 5.82 Å². The van der Waals surface area contributed by atoms with Gasteiger partial charge in [-0.25, -0.2) is 4.98 Å². The van der Waals surface area contributed by atoms with Crippen molar-refractivity contribution in [3.05, 3.63) is 40.8 Å². The summed E-state index contributed by atoms with van der Waals surface area (Å²) in [5.74, 6) is 0.417. The van der Waals surface area contributed by atoms with Gasteiger partial charge >= 0.3 is 0 Å². The van der Waals surface area contributed by atoms with Crippen LogP contribution in [0, 0.1) is 6.92 Å². The Hall–Kier alpha value is -2.08. The minimum absolute atomic E-state index is 0.178. The second kappa shape index (κ2) is 7.08. The number of hydrogen-bond donors (Lipinski definition) is 2. The Labute approximate surface area is 128 Å². The molecule has 0 aliphatic heterocycles.